The SMILES string of the molecule is COc1nc(OC)nc(OCOc2nc(OC)nc(OCOc3nc(OC)nc(OC)n3)n2)n1. The van der Waals surface area contributed by atoms with Crippen molar-refractivity contribution in [2.75, 3.05) is 49.1 Å². The van der Waals surface area contributed by atoms with Gasteiger partial charge < -0.3 is 42.6 Å². The molecule has 0 aliphatic rings. The molecule has 0 radical (unpaired) electrons. The fourth-order valence-electron chi connectivity index (χ4n) is 1.95. The van der Waals surface area contributed by atoms with E-state index >= 15 is 0 Å². The summed E-state index contributed by atoms with van der Waals surface area (Å²) in [6, 6.07) is -0.708. The maximum absolute atomic E-state index is 5.33. The van der Waals surface area contributed by atoms with Crippen LogP contribution >= 0.6 is 0 Å². The van der Waals surface area contributed by atoms with Gasteiger partial charge in [-0.05, 0) is 0 Å². The van der Waals surface area contributed by atoms with Gasteiger partial charge in [0.1, 0.15) is 0 Å². The van der Waals surface area contributed by atoms with Crippen LogP contribution in [-0.4, -0.2) is 94.0 Å². The summed E-state index contributed by atoms with van der Waals surface area (Å²) < 4.78 is 46.0. The molecule has 3 aromatic rings. The zero-order valence-electron chi connectivity index (χ0n) is 18.6. The summed E-state index contributed by atoms with van der Waals surface area (Å²) in [4.78, 5) is 35.1. The van der Waals surface area contributed by atoms with Crippen molar-refractivity contribution >= 4 is 0 Å². The minimum absolute atomic E-state index is 0.00668. The predicted molar refractivity (Wildman–Crippen MR) is 104 cm³/mol. The van der Waals surface area contributed by atoms with Gasteiger partial charge in [0.2, 0.25) is 13.6 Å². The number of hydrogen-bond acceptors (Lipinski definition) is 18. The van der Waals surface area contributed by atoms with Crippen LogP contribution in [0.4, 0.5) is 0 Å². The van der Waals surface area contributed by atoms with Gasteiger partial charge in [0.25, 0.3) is 0 Å². The van der Waals surface area contributed by atoms with Crippen molar-refractivity contribution in [3.05, 3.63) is 0 Å². The number of methoxy groups -OCH3 is 5. The average molecular weight is 481 g/mol. The Hall–Kier alpha value is -4.77. The third-order valence-corrected chi connectivity index (χ3v) is 3.39. The lowest BCUT2D eigenvalue weighted by atomic mass is 10.9. The number of ether oxygens (including phenoxy) is 9. The third-order valence-electron chi connectivity index (χ3n) is 3.39. The van der Waals surface area contributed by atoms with Gasteiger partial charge in [0.05, 0.1) is 35.5 Å². The van der Waals surface area contributed by atoms with Gasteiger partial charge in [-0.1, -0.05) is 0 Å². The Kier molecular flexibility index (Phi) is 8.25. The van der Waals surface area contributed by atoms with E-state index in [1.54, 1.807) is 0 Å². The third kappa shape index (κ3) is 6.61. The second-order valence-electron chi connectivity index (χ2n) is 5.38. The molecule has 0 spiro atoms. The number of rotatable bonds is 13. The lowest BCUT2D eigenvalue weighted by Gasteiger charge is -2.10. The van der Waals surface area contributed by atoms with Gasteiger partial charge in [-0.2, -0.15) is 0 Å². The Morgan fingerprint density at radius 3 is 0.706 bits per heavy atom. The summed E-state index contributed by atoms with van der Waals surface area (Å²) in [6.45, 7) is -0.770. The maximum atomic E-state index is 5.33. The Bertz CT molecular complexity index is 968. The van der Waals surface area contributed by atoms with Crippen LogP contribution in [0.5, 0.6) is 54.1 Å². The minimum atomic E-state index is -0.385. The first kappa shape index (κ1) is 23.9. The van der Waals surface area contributed by atoms with Gasteiger partial charge in [-0.25, -0.2) is 0 Å². The largest absolute Gasteiger partial charge is 0.467 e. The number of aromatic nitrogens is 9. The van der Waals surface area contributed by atoms with Crippen LogP contribution in [0.25, 0.3) is 0 Å². The normalized spacial score (nSPS) is 10.1. The molecule has 0 bridgehead atoms. The molecule has 0 atom stereocenters. The predicted octanol–water partition coefficient (Wildman–Crippen LogP) is -0.885. The number of hydrogen-bond donors (Lipinski definition) is 0. The molecule has 18 heteroatoms. The molecule has 182 valence electrons. The molecule has 3 aromatic heterocycles. The fraction of sp³-hybridized carbons (Fsp3) is 0.438. The minimum Gasteiger partial charge on any atom is -0.467 e. The molecule has 3 rings (SSSR count). The van der Waals surface area contributed by atoms with Gasteiger partial charge in [0, 0.05) is 0 Å². The Morgan fingerprint density at radius 2 is 0.500 bits per heavy atom. The van der Waals surface area contributed by atoms with Gasteiger partial charge in [-0.15, -0.1) is 44.9 Å². The monoisotopic (exact) mass is 481 g/mol. The Labute approximate surface area is 191 Å². The molecule has 18 nitrogen and oxygen atoms in total. The van der Waals surface area contributed by atoms with Gasteiger partial charge in [-0.3, -0.25) is 0 Å². The second-order valence-corrected chi connectivity index (χ2v) is 5.38. The zero-order chi connectivity index (χ0) is 24.3. The average Bonchev–Trinajstić information content (AvgIpc) is 2.87. The van der Waals surface area contributed by atoms with Crippen molar-refractivity contribution in [2.24, 2.45) is 0 Å². The molecule has 0 fully saturated rings. The Balaban J connectivity index is 1.60. The van der Waals surface area contributed by atoms with Crippen LogP contribution in [0.3, 0.4) is 0 Å². The summed E-state index contributed by atoms with van der Waals surface area (Å²) in [5.41, 5.74) is 0. The first-order chi connectivity index (χ1) is 16.6. The molecule has 0 aromatic carbocycles. The van der Waals surface area contributed by atoms with E-state index in [4.69, 9.17) is 42.6 Å². The molecule has 34 heavy (non-hydrogen) atoms. The van der Waals surface area contributed by atoms with E-state index in [9.17, 15) is 0 Å². The van der Waals surface area contributed by atoms with Crippen LogP contribution in [0, 0.1) is 0 Å². The molecule has 0 N–H and O–H groups in total. The van der Waals surface area contributed by atoms with Gasteiger partial charge >= 0.3 is 54.1 Å². The van der Waals surface area contributed by atoms with E-state index in [0.29, 0.717) is 0 Å². The van der Waals surface area contributed by atoms with Crippen molar-refractivity contribution in [2.45, 2.75) is 0 Å². The second kappa shape index (κ2) is 11.7. The van der Waals surface area contributed by atoms with E-state index in [1.807, 2.05) is 0 Å². The van der Waals surface area contributed by atoms with Crippen molar-refractivity contribution < 1.29 is 42.6 Å². The van der Waals surface area contributed by atoms with Crippen molar-refractivity contribution in [3.8, 4) is 54.1 Å². The summed E-state index contributed by atoms with van der Waals surface area (Å²) in [7, 11) is 6.87. The summed E-state index contributed by atoms with van der Waals surface area (Å²) in [5, 5.41) is 0. The van der Waals surface area contributed by atoms with Crippen LogP contribution in [0.15, 0.2) is 0 Å². The molecular weight excluding hydrogens is 462 g/mol. The lowest BCUT2D eigenvalue weighted by molar-refractivity contribution is 0.0839. The summed E-state index contributed by atoms with van der Waals surface area (Å²) >= 11 is 0. The smallest absolute Gasteiger partial charge is 0.328 e. The quantitative estimate of drug-likeness (QED) is 0.272. The molecule has 0 unspecified atom stereocenters. The van der Waals surface area contributed by atoms with Crippen molar-refractivity contribution in [1.82, 2.24) is 44.9 Å². The molecule has 0 aliphatic heterocycles. The molecule has 0 amide bonds. The first-order valence-electron chi connectivity index (χ1n) is 9.06. The van der Waals surface area contributed by atoms with Crippen LogP contribution in [0.2, 0.25) is 0 Å². The highest BCUT2D eigenvalue weighted by Crippen LogP contribution is 2.17. The van der Waals surface area contributed by atoms with Crippen LogP contribution < -0.4 is 42.6 Å². The summed E-state index contributed by atoms with van der Waals surface area (Å²) in [5.74, 6) is 0. The molecule has 0 saturated heterocycles. The molecule has 0 aliphatic carbocycles. The van der Waals surface area contributed by atoms with E-state index < -0.39 is 0 Å². The molecule has 0 saturated carbocycles. The van der Waals surface area contributed by atoms with E-state index in [-0.39, 0.29) is 67.7 Å². The standard InChI is InChI=1S/C16H19N9O9/c1-26-8-17-9(27-2)20-13(19-8)31-6-33-15-23-12(30-5)24-16(25-15)34-7-32-14-21-10(28-3)18-11(22-14)29-4/h6-7H2,1-5H3. The van der Waals surface area contributed by atoms with E-state index in [2.05, 4.69) is 44.9 Å². The number of nitrogens with zero attached hydrogens (tertiary/aromatic N) is 9. The fourth-order valence-corrected chi connectivity index (χ4v) is 1.95. The molecular formula is C16H19N9O9. The molecule has 3 heterocycles. The van der Waals surface area contributed by atoms with Crippen molar-refractivity contribution in [3.63, 3.8) is 0 Å². The first-order valence-corrected chi connectivity index (χ1v) is 9.06. The lowest BCUT2D eigenvalue weighted by Crippen LogP contribution is -2.14. The van der Waals surface area contributed by atoms with Crippen molar-refractivity contribution in [1.29, 1.82) is 0 Å². The highest BCUT2D eigenvalue weighted by atomic mass is 16.7. The van der Waals surface area contributed by atoms with Crippen LogP contribution in [0.1, 0.15) is 0 Å². The van der Waals surface area contributed by atoms with Gasteiger partial charge in [0.15, 0.2) is 0 Å². The zero-order valence-corrected chi connectivity index (χ0v) is 18.6. The highest BCUT2D eigenvalue weighted by Gasteiger charge is 2.13. The van der Waals surface area contributed by atoms with E-state index in [1.165, 1.54) is 35.5 Å². The van der Waals surface area contributed by atoms with Crippen LogP contribution in [-0.2, 0) is 0 Å². The maximum Gasteiger partial charge on any atom is 0.328 e. The highest BCUT2D eigenvalue weighted by molar-refractivity contribution is 5.11. The van der Waals surface area contributed by atoms with E-state index in [0.717, 1.165) is 0 Å². The Morgan fingerprint density at radius 1 is 0.324 bits per heavy atom. The topological polar surface area (TPSA) is 199 Å². The summed E-state index contributed by atoms with van der Waals surface area (Å²) in [6.07, 6.45) is 0.